The van der Waals surface area contributed by atoms with Crippen LogP contribution in [0, 0.1) is 5.92 Å². The van der Waals surface area contributed by atoms with Crippen molar-refractivity contribution in [2.75, 3.05) is 19.6 Å². The average molecular weight is 243 g/mol. The maximum Gasteiger partial charge on any atom is 0.256 e. The number of aromatic nitrogens is 1. The lowest BCUT2D eigenvalue weighted by Gasteiger charge is -2.15. The summed E-state index contributed by atoms with van der Waals surface area (Å²) in [5.74, 6) is 0.572. The van der Waals surface area contributed by atoms with Crippen LogP contribution >= 0.6 is 0 Å². The van der Waals surface area contributed by atoms with Crippen LogP contribution in [-0.4, -0.2) is 35.4 Å². The molecule has 4 heteroatoms. The first-order chi connectivity index (χ1) is 8.79. The summed E-state index contributed by atoms with van der Waals surface area (Å²) in [4.78, 5) is 17.5. The fourth-order valence-electron chi connectivity index (χ4n) is 2.63. The molecule has 1 aromatic heterocycles. The largest absolute Gasteiger partial charge is 0.360 e. The zero-order chi connectivity index (χ0) is 12.5. The van der Waals surface area contributed by atoms with Gasteiger partial charge in [0.15, 0.2) is 0 Å². The number of benzene rings is 1. The van der Waals surface area contributed by atoms with E-state index in [4.69, 9.17) is 5.73 Å². The van der Waals surface area contributed by atoms with Crippen LogP contribution in [0.3, 0.4) is 0 Å². The predicted molar refractivity (Wildman–Crippen MR) is 71.4 cm³/mol. The molecule has 1 saturated heterocycles. The highest BCUT2D eigenvalue weighted by Gasteiger charge is 2.27. The molecule has 2 heterocycles. The van der Waals surface area contributed by atoms with Gasteiger partial charge in [-0.25, -0.2) is 0 Å². The topological polar surface area (TPSA) is 62.1 Å². The highest BCUT2D eigenvalue weighted by atomic mass is 16.2. The lowest BCUT2D eigenvalue weighted by atomic mass is 10.1. The number of hydrogen-bond acceptors (Lipinski definition) is 2. The van der Waals surface area contributed by atoms with Crippen LogP contribution < -0.4 is 5.73 Å². The Kier molecular flexibility index (Phi) is 2.80. The summed E-state index contributed by atoms with van der Waals surface area (Å²) in [6.45, 7) is 2.27. The van der Waals surface area contributed by atoms with Gasteiger partial charge in [-0.1, -0.05) is 18.2 Å². The first-order valence-electron chi connectivity index (χ1n) is 6.35. The number of rotatable bonds is 2. The Morgan fingerprint density at radius 3 is 3.06 bits per heavy atom. The number of fused-ring (bicyclic) bond motifs is 1. The molecule has 2 aromatic rings. The van der Waals surface area contributed by atoms with Gasteiger partial charge in [0.1, 0.15) is 0 Å². The van der Waals surface area contributed by atoms with E-state index in [9.17, 15) is 4.79 Å². The highest BCUT2D eigenvalue weighted by molar-refractivity contribution is 6.06. The van der Waals surface area contributed by atoms with Gasteiger partial charge in [0.2, 0.25) is 0 Å². The summed E-state index contributed by atoms with van der Waals surface area (Å²) in [5, 5.41) is 0.999. The van der Waals surface area contributed by atoms with Gasteiger partial charge in [0.05, 0.1) is 5.56 Å². The van der Waals surface area contributed by atoms with Crippen molar-refractivity contribution in [3.05, 3.63) is 36.0 Å². The van der Waals surface area contributed by atoms with Crippen molar-refractivity contribution in [1.29, 1.82) is 0 Å². The molecule has 4 nitrogen and oxygen atoms in total. The van der Waals surface area contributed by atoms with Gasteiger partial charge in [-0.2, -0.15) is 0 Å². The van der Waals surface area contributed by atoms with Crippen LogP contribution in [0.5, 0.6) is 0 Å². The third-order valence-electron chi connectivity index (χ3n) is 3.73. The lowest BCUT2D eigenvalue weighted by molar-refractivity contribution is 0.0789. The molecule has 3 rings (SSSR count). The van der Waals surface area contributed by atoms with Crippen LogP contribution in [0.1, 0.15) is 16.8 Å². The summed E-state index contributed by atoms with van der Waals surface area (Å²) >= 11 is 0. The number of likely N-dealkylation sites (tertiary alicyclic amines) is 1. The van der Waals surface area contributed by atoms with Gasteiger partial charge in [0.25, 0.3) is 5.91 Å². The summed E-state index contributed by atoms with van der Waals surface area (Å²) in [5.41, 5.74) is 7.44. The third kappa shape index (κ3) is 1.78. The number of nitrogens with zero attached hydrogens (tertiary/aromatic N) is 1. The Morgan fingerprint density at radius 2 is 2.28 bits per heavy atom. The molecular formula is C14H17N3O. The molecule has 3 N–H and O–H groups in total. The van der Waals surface area contributed by atoms with Crippen molar-refractivity contribution in [1.82, 2.24) is 9.88 Å². The molecule has 18 heavy (non-hydrogen) atoms. The molecule has 1 aromatic carbocycles. The molecule has 1 fully saturated rings. The van der Waals surface area contributed by atoms with Crippen LogP contribution in [-0.2, 0) is 0 Å². The second-order valence-corrected chi connectivity index (χ2v) is 4.89. The molecule has 0 radical (unpaired) electrons. The molecular weight excluding hydrogens is 226 g/mol. The van der Waals surface area contributed by atoms with E-state index in [-0.39, 0.29) is 5.91 Å². The van der Waals surface area contributed by atoms with Crippen molar-refractivity contribution in [3.63, 3.8) is 0 Å². The number of carbonyl (C=O) groups excluding carboxylic acids is 1. The molecule has 1 unspecified atom stereocenters. The van der Waals surface area contributed by atoms with Crippen LogP contribution in [0.15, 0.2) is 30.5 Å². The minimum atomic E-state index is 0.114. The molecule has 1 aliphatic heterocycles. The van der Waals surface area contributed by atoms with Crippen molar-refractivity contribution in [2.24, 2.45) is 11.7 Å². The predicted octanol–water partition coefficient (Wildman–Crippen LogP) is 1.59. The summed E-state index contributed by atoms with van der Waals surface area (Å²) in [6, 6.07) is 7.89. The maximum absolute atomic E-state index is 12.4. The molecule has 1 atom stereocenters. The van der Waals surface area contributed by atoms with Crippen LogP contribution in [0.2, 0.25) is 0 Å². The van der Waals surface area contributed by atoms with E-state index >= 15 is 0 Å². The smallest absolute Gasteiger partial charge is 0.256 e. The summed E-state index contributed by atoms with van der Waals surface area (Å²) < 4.78 is 0. The Bertz CT molecular complexity index is 575. The van der Waals surface area contributed by atoms with Gasteiger partial charge in [-0.3, -0.25) is 4.79 Å². The van der Waals surface area contributed by atoms with E-state index in [0.29, 0.717) is 12.5 Å². The number of amides is 1. The molecule has 1 amide bonds. The second kappa shape index (κ2) is 4.46. The fourth-order valence-corrected chi connectivity index (χ4v) is 2.63. The Hall–Kier alpha value is -1.81. The molecule has 0 bridgehead atoms. The molecule has 1 aliphatic rings. The minimum Gasteiger partial charge on any atom is -0.360 e. The minimum absolute atomic E-state index is 0.114. The van der Waals surface area contributed by atoms with Crippen molar-refractivity contribution >= 4 is 16.8 Å². The third-order valence-corrected chi connectivity index (χ3v) is 3.73. The maximum atomic E-state index is 12.4. The number of nitrogens with one attached hydrogen (secondary N) is 1. The Balaban J connectivity index is 1.89. The van der Waals surface area contributed by atoms with E-state index < -0.39 is 0 Å². The van der Waals surface area contributed by atoms with Crippen LogP contribution in [0.4, 0.5) is 0 Å². The van der Waals surface area contributed by atoms with E-state index in [1.807, 2.05) is 35.4 Å². The SMILES string of the molecule is NCC1CCN(C(=O)c2c[nH]c3ccccc23)C1. The van der Waals surface area contributed by atoms with E-state index in [1.165, 1.54) is 0 Å². The number of hydrogen-bond donors (Lipinski definition) is 2. The highest BCUT2D eigenvalue weighted by Crippen LogP contribution is 2.22. The van der Waals surface area contributed by atoms with E-state index in [0.717, 1.165) is 36.0 Å². The fraction of sp³-hybridized carbons (Fsp3) is 0.357. The zero-order valence-electron chi connectivity index (χ0n) is 10.2. The quantitative estimate of drug-likeness (QED) is 0.841. The summed E-state index contributed by atoms with van der Waals surface area (Å²) in [6.07, 6.45) is 2.83. The van der Waals surface area contributed by atoms with E-state index in [2.05, 4.69) is 4.98 Å². The number of para-hydroxylation sites is 1. The molecule has 0 saturated carbocycles. The van der Waals surface area contributed by atoms with E-state index in [1.54, 1.807) is 0 Å². The van der Waals surface area contributed by atoms with Crippen molar-refractivity contribution < 1.29 is 4.79 Å². The van der Waals surface area contributed by atoms with Crippen molar-refractivity contribution in [3.8, 4) is 0 Å². The molecule has 0 spiro atoms. The first-order valence-corrected chi connectivity index (χ1v) is 6.35. The lowest BCUT2D eigenvalue weighted by Crippen LogP contribution is -2.29. The van der Waals surface area contributed by atoms with Gasteiger partial charge in [-0.15, -0.1) is 0 Å². The molecule has 94 valence electrons. The number of carbonyl (C=O) groups is 1. The molecule has 0 aliphatic carbocycles. The first kappa shape index (κ1) is 11.3. The normalized spacial score (nSPS) is 19.6. The van der Waals surface area contributed by atoms with Gasteiger partial charge >= 0.3 is 0 Å². The number of aromatic amines is 1. The van der Waals surface area contributed by atoms with Gasteiger partial charge in [0, 0.05) is 30.2 Å². The van der Waals surface area contributed by atoms with Gasteiger partial charge in [-0.05, 0) is 24.9 Å². The number of nitrogens with two attached hydrogens (primary N) is 1. The standard InChI is InChI=1S/C14H17N3O/c15-7-10-5-6-17(9-10)14(18)12-8-16-13-4-2-1-3-11(12)13/h1-4,8,10,16H,5-7,9,15H2. The van der Waals surface area contributed by atoms with Gasteiger partial charge < -0.3 is 15.6 Å². The Morgan fingerprint density at radius 1 is 1.44 bits per heavy atom. The Labute approximate surface area is 106 Å². The zero-order valence-corrected chi connectivity index (χ0v) is 10.2. The van der Waals surface area contributed by atoms with Crippen molar-refractivity contribution in [2.45, 2.75) is 6.42 Å². The monoisotopic (exact) mass is 243 g/mol. The average Bonchev–Trinajstić information content (AvgIpc) is 3.04. The number of H-pyrrole nitrogens is 1. The summed E-state index contributed by atoms with van der Waals surface area (Å²) in [7, 11) is 0. The second-order valence-electron chi connectivity index (χ2n) is 4.89. The van der Waals surface area contributed by atoms with Crippen LogP contribution in [0.25, 0.3) is 10.9 Å².